The first-order chi connectivity index (χ1) is 12.0. The summed E-state index contributed by atoms with van der Waals surface area (Å²) in [5, 5.41) is 14.3. The molecule has 3 aromatic rings. The van der Waals surface area contributed by atoms with E-state index in [0.29, 0.717) is 0 Å². The molecule has 0 radical (unpaired) electrons. The summed E-state index contributed by atoms with van der Waals surface area (Å²) in [6.45, 7) is 6.40. The van der Waals surface area contributed by atoms with Gasteiger partial charge in [0.05, 0.1) is 5.71 Å². The standard InChI is InChI=1S/C20H20N4S.BrH/c1-20(2,3)18-21-22-19-24(18)23-17(13-25-19)16-11-9-15(10-12-16)14-7-5-4-6-8-14;/h4-12H,13H2,1-3H3;1H. The molecule has 0 atom stereocenters. The first kappa shape index (κ1) is 18.9. The molecule has 0 unspecified atom stereocenters. The normalized spacial score (nSPS) is 13.6. The van der Waals surface area contributed by atoms with Crippen LogP contribution in [0.2, 0.25) is 0 Å². The Hall–Kier alpha value is -1.92. The van der Waals surface area contributed by atoms with E-state index < -0.39 is 0 Å². The van der Waals surface area contributed by atoms with Crippen LogP contribution in [0.25, 0.3) is 11.1 Å². The van der Waals surface area contributed by atoms with Gasteiger partial charge in [-0.2, -0.15) is 9.78 Å². The third-order valence-electron chi connectivity index (χ3n) is 4.17. The van der Waals surface area contributed by atoms with Crippen molar-refractivity contribution in [2.75, 3.05) is 5.75 Å². The topological polar surface area (TPSA) is 43.1 Å². The van der Waals surface area contributed by atoms with E-state index in [1.165, 1.54) is 11.1 Å². The molecule has 2 heterocycles. The molecule has 1 aliphatic heterocycles. The summed E-state index contributed by atoms with van der Waals surface area (Å²) in [5.41, 5.74) is 4.56. The highest BCUT2D eigenvalue weighted by molar-refractivity contribution is 8.93. The molecule has 6 heteroatoms. The van der Waals surface area contributed by atoms with Gasteiger partial charge in [0.1, 0.15) is 0 Å². The van der Waals surface area contributed by atoms with Gasteiger partial charge in [-0.1, -0.05) is 87.1 Å². The van der Waals surface area contributed by atoms with Crippen molar-refractivity contribution in [1.29, 1.82) is 0 Å². The smallest absolute Gasteiger partial charge is 0.191 e. The second-order valence-electron chi connectivity index (χ2n) is 7.15. The molecule has 0 aliphatic carbocycles. The number of rotatable bonds is 2. The van der Waals surface area contributed by atoms with Crippen molar-refractivity contribution in [1.82, 2.24) is 14.9 Å². The SMILES string of the molecule is Br.CC(C)(C)c1nnc2n1N=C(c1ccc(-c3ccccc3)cc1)CS2. The van der Waals surface area contributed by atoms with Gasteiger partial charge in [-0.15, -0.1) is 27.2 Å². The molecule has 0 N–H and O–H groups in total. The number of halogens is 1. The number of hydrogen-bond donors (Lipinski definition) is 0. The highest BCUT2D eigenvalue weighted by Crippen LogP contribution is 2.29. The molecule has 26 heavy (non-hydrogen) atoms. The van der Waals surface area contributed by atoms with Gasteiger partial charge in [0.15, 0.2) is 5.82 Å². The van der Waals surface area contributed by atoms with E-state index in [9.17, 15) is 0 Å². The number of hydrogen-bond acceptors (Lipinski definition) is 4. The molecule has 0 spiro atoms. The zero-order valence-corrected chi connectivity index (χ0v) is 17.5. The summed E-state index contributed by atoms with van der Waals surface area (Å²) in [5.74, 6) is 1.71. The van der Waals surface area contributed by atoms with Crippen LogP contribution < -0.4 is 0 Å². The fraction of sp³-hybridized carbons (Fsp3) is 0.250. The van der Waals surface area contributed by atoms with Crippen LogP contribution in [0.1, 0.15) is 32.2 Å². The number of thioether (sulfide) groups is 1. The molecule has 134 valence electrons. The van der Waals surface area contributed by atoms with E-state index in [4.69, 9.17) is 5.10 Å². The zero-order chi connectivity index (χ0) is 17.4. The Morgan fingerprint density at radius 2 is 1.46 bits per heavy atom. The molecule has 0 bridgehead atoms. The van der Waals surface area contributed by atoms with Crippen molar-refractivity contribution >= 4 is 34.5 Å². The average Bonchev–Trinajstić information content (AvgIpc) is 3.06. The maximum Gasteiger partial charge on any atom is 0.212 e. The minimum atomic E-state index is -0.0884. The second kappa shape index (κ2) is 7.37. The van der Waals surface area contributed by atoms with Crippen molar-refractivity contribution < 1.29 is 0 Å². The highest BCUT2D eigenvalue weighted by Gasteiger charge is 2.27. The lowest BCUT2D eigenvalue weighted by Gasteiger charge is -2.20. The molecule has 4 rings (SSSR count). The lowest BCUT2D eigenvalue weighted by molar-refractivity contribution is 0.509. The van der Waals surface area contributed by atoms with Gasteiger partial charge < -0.3 is 0 Å². The quantitative estimate of drug-likeness (QED) is 0.564. The molecule has 2 aromatic carbocycles. The van der Waals surface area contributed by atoms with Gasteiger partial charge in [-0.25, -0.2) is 0 Å². The molecule has 4 nitrogen and oxygen atoms in total. The Bertz CT molecular complexity index is 925. The van der Waals surface area contributed by atoms with E-state index in [0.717, 1.165) is 28.0 Å². The van der Waals surface area contributed by atoms with Crippen molar-refractivity contribution in [3.8, 4) is 11.1 Å². The minimum absolute atomic E-state index is 0. The lowest BCUT2D eigenvalue weighted by atomic mass is 9.96. The summed E-state index contributed by atoms with van der Waals surface area (Å²) in [4.78, 5) is 0. The van der Waals surface area contributed by atoms with E-state index in [-0.39, 0.29) is 22.4 Å². The molecule has 1 aliphatic rings. The number of nitrogens with zero attached hydrogens (tertiary/aromatic N) is 4. The van der Waals surface area contributed by atoms with Crippen molar-refractivity contribution in [3.63, 3.8) is 0 Å². The summed E-state index contributed by atoms with van der Waals surface area (Å²) in [7, 11) is 0. The maximum atomic E-state index is 4.83. The monoisotopic (exact) mass is 428 g/mol. The Balaban J connectivity index is 0.00000196. The average molecular weight is 429 g/mol. The Morgan fingerprint density at radius 1 is 0.846 bits per heavy atom. The lowest BCUT2D eigenvalue weighted by Crippen LogP contribution is -2.21. The van der Waals surface area contributed by atoms with Crippen LogP contribution in [0.15, 0.2) is 64.9 Å². The van der Waals surface area contributed by atoms with Gasteiger partial charge in [-0.3, -0.25) is 0 Å². The van der Waals surface area contributed by atoms with Gasteiger partial charge in [0.2, 0.25) is 5.16 Å². The summed E-state index contributed by atoms with van der Waals surface area (Å²) in [6, 6.07) is 19.0. The van der Waals surface area contributed by atoms with E-state index in [1.807, 2.05) is 10.7 Å². The van der Waals surface area contributed by atoms with Crippen LogP contribution in [0, 0.1) is 0 Å². The van der Waals surface area contributed by atoms with Gasteiger partial charge in [0.25, 0.3) is 0 Å². The highest BCUT2D eigenvalue weighted by atomic mass is 79.9. The minimum Gasteiger partial charge on any atom is -0.191 e. The van der Waals surface area contributed by atoms with Gasteiger partial charge in [0, 0.05) is 11.2 Å². The van der Waals surface area contributed by atoms with Crippen LogP contribution in [-0.4, -0.2) is 26.3 Å². The molecular weight excluding hydrogens is 408 g/mol. The predicted octanol–water partition coefficient (Wildman–Crippen LogP) is 5.18. The summed E-state index contributed by atoms with van der Waals surface area (Å²) >= 11 is 1.69. The van der Waals surface area contributed by atoms with Crippen LogP contribution in [0.3, 0.4) is 0 Å². The third kappa shape index (κ3) is 3.62. The zero-order valence-electron chi connectivity index (χ0n) is 15.0. The van der Waals surface area contributed by atoms with Crippen LogP contribution >= 0.6 is 28.7 Å². The fourth-order valence-corrected chi connectivity index (χ4v) is 3.66. The van der Waals surface area contributed by atoms with E-state index >= 15 is 0 Å². The van der Waals surface area contributed by atoms with Crippen LogP contribution in [0.4, 0.5) is 0 Å². The molecular formula is C20H21BrN4S. The van der Waals surface area contributed by atoms with Crippen molar-refractivity contribution in [2.45, 2.75) is 31.3 Å². The molecule has 0 saturated carbocycles. The molecule has 0 amide bonds. The number of fused-ring (bicyclic) bond motifs is 1. The maximum absolute atomic E-state index is 4.83. The number of aromatic nitrogens is 3. The summed E-state index contributed by atoms with van der Waals surface area (Å²) < 4.78 is 1.90. The molecule has 0 saturated heterocycles. The first-order valence-electron chi connectivity index (χ1n) is 8.35. The van der Waals surface area contributed by atoms with Crippen molar-refractivity contribution in [2.24, 2.45) is 5.10 Å². The largest absolute Gasteiger partial charge is 0.212 e. The number of benzene rings is 2. The van der Waals surface area contributed by atoms with Crippen LogP contribution in [0.5, 0.6) is 0 Å². The van der Waals surface area contributed by atoms with Gasteiger partial charge >= 0.3 is 0 Å². The Kier molecular flexibility index (Phi) is 5.34. The van der Waals surface area contributed by atoms with Crippen LogP contribution in [-0.2, 0) is 5.41 Å². The second-order valence-corrected chi connectivity index (χ2v) is 8.09. The van der Waals surface area contributed by atoms with E-state index in [2.05, 4.69) is 79.5 Å². The molecule has 0 fully saturated rings. The van der Waals surface area contributed by atoms with E-state index in [1.54, 1.807) is 11.8 Å². The fourth-order valence-electron chi connectivity index (χ4n) is 2.82. The third-order valence-corrected chi connectivity index (χ3v) is 5.10. The molecule has 1 aromatic heterocycles. The van der Waals surface area contributed by atoms with Gasteiger partial charge in [-0.05, 0) is 16.7 Å². The Morgan fingerprint density at radius 3 is 2.12 bits per heavy atom. The first-order valence-corrected chi connectivity index (χ1v) is 9.33. The Labute approximate surface area is 168 Å². The summed E-state index contributed by atoms with van der Waals surface area (Å²) in [6.07, 6.45) is 0. The van der Waals surface area contributed by atoms with Crippen molar-refractivity contribution in [3.05, 3.63) is 66.0 Å². The predicted molar refractivity (Wildman–Crippen MR) is 114 cm³/mol.